The first kappa shape index (κ1) is 18.7. The molecule has 0 radical (unpaired) electrons. The van der Waals surface area contributed by atoms with Crippen molar-refractivity contribution in [3.8, 4) is 16.9 Å². The summed E-state index contributed by atoms with van der Waals surface area (Å²) in [7, 11) is -3.39. The van der Waals surface area contributed by atoms with Gasteiger partial charge in [-0.25, -0.2) is 0 Å². The van der Waals surface area contributed by atoms with E-state index in [2.05, 4.69) is 6.92 Å². The minimum Gasteiger partial charge on any atom is -0.494 e. The Balaban J connectivity index is 1.65. The molecule has 1 heterocycles. The summed E-state index contributed by atoms with van der Waals surface area (Å²) in [6, 6.07) is 22.1. The number of rotatable bonds is 7. The summed E-state index contributed by atoms with van der Waals surface area (Å²) in [4.78, 5) is 13.4. The molecule has 4 rings (SSSR count). The van der Waals surface area contributed by atoms with E-state index in [1.165, 1.54) is 0 Å². The molecule has 0 aromatic heterocycles. The molecule has 0 N–H and O–H groups in total. The normalized spacial score (nSPS) is 13.6. The van der Waals surface area contributed by atoms with E-state index in [0.29, 0.717) is 22.8 Å². The zero-order chi connectivity index (χ0) is 19.6. The standard InChI is InChI=1S/C24H23O3P/c1-2-3-8-17-27-19-15-13-18(14-16-19)24(25)28(26)22-11-6-4-9-20(22)21-10-5-7-12-23(21)28/h4-7,9-16H,2-3,8,17H2,1H3. The molecule has 0 bridgehead atoms. The Hall–Kier alpha value is -2.64. The van der Waals surface area contributed by atoms with Crippen molar-refractivity contribution in [3.05, 3.63) is 78.4 Å². The van der Waals surface area contributed by atoms with Gasteiger partial charge in [-0.3, -0.25) is 4.79 Å². The van der Waals surface area contributed by atoms with Crippen LogP contribution < -0.4 is 15.3 Å². The molecule has 1 aliphatic heterocycles. The molecule has 3 aromatic rings. The summed E-state index contributed by atoms with van der Waals surface area (Å²) in [5, 5.41) is 1.28. The Morgan fingerprint density at radius 1 is 0.821 bits per heavy atom. The first-order valence-corrected chi connectivity index (χ1v) is 11.4. The molecular formula is C24H23O3P. The Labute approximate surface area is 165 Å². The zero-order valence-electron chi connectivity index (χ0n) is 15.9. The third-order valence-electron chi connectivity index (χ3n) is 5.18. The van der Waals surface area contributed by atoms with Crippen molar-refractivity contribution in [2.45, 2.75) is 26.2 Å². The third kappa shape index (κ3) is 3.10. The summed E-state index contributed by atoms with van der Waals surface area (Å²) in [6.07, 6.45) is 3.30. The zero-order valence-corrected chi connectivity index (χ0v) is 16.8. The molecule has 0 aliphatic carbocycles. The Morgan fingerprint density at radius 2 is 1.39 bits per heavy atom. The van der Waals surface area contributed by atoms with Crippen LogP contribution in [0.4, 0.5) is 0 Å². The molecule has 0 saturated heterocycles. The molecule has 0 spiro atoms. The van der Waals surface area contributed by atoms with Crippen molar-refractivity contribution in [2.75, 3.05) is 6.61 Å². The third-order valence-corrected chi connectivity index (χ3v) is 8.15. The number of ether oxygens (including phenoxy) is 1. The van der Waals surface area contributed by atoms with Gasteiger partial charge < -0.3 is 9.30 Å². The van der Waals surface area contributed by atoms with Crippen LogP contribution in [0.1, 0.15) is 36.5 Å². The van der Waals surface area contributed by atoms with Gasteiger partial charge in [0.15, 0.2) is 0 Å². The van der Waals surface area contributed by atoms with Crippen molar-refractivity contribution in [1.29, 1.82) is 0 Å². The van der Waals surface area contributed by atoms with E-state index in [-0.39, 0.29) is 5.52 Å². The highest BCUT2D eigenvalue weighted by Crippen LogP contribution is 2.55. The summed E-state index contributed by atoms with van der Waals surface area (Å²) in [5.41, 5.74) is 1.93. The van der Waals surface area contributed by atoms with Crippen LogP contribution in [0.15, 0.2) is 72.8 Å². The van der Waals surface area contributed by atoms with E-state index in [4.69, 9.17) is 4.74 Å². The molecule has 0 saturated carbocycles. The summed E-state index contributed by atoms with van der Waals surface area (Å²) < 4.78 is 19.8. The molecule has 1 aliphatic rings. The Kier molecular flexibility index (Phi) is 5.19. The van der Waals surface area contributed by atoms with Gasteiger partial charge in [0.1, 0.15) is 5.75 Å². The number of unbranched alkanes of at least 4 members (excludes halogenated alkanes) is 2. The molecule has 0 fully saturated rings. The van der Waals surface area contributed by atoms with Crippen LogP contribution in [0.25, 0.3) is 11.1 Å². The summed E-state index contributed by atoms with van der Waals surface area (Å²) in [6.45, 7) is 2.82. The number of carbonyl (C=O) groups is 1. The van der Waals surface area contributed by atoms with Gasteiger partial charge in [0, 0.05) is 16.2 Å². The van der Waals surface area contributed by atoms with Gasteiger partial charge in [-0.15, -0.1) is 0 Å². The van der Waals surface area contributed by atoms with Gasteiger partial charge in [0.2, 0.25) is 12.7 Å². The van der Waals surface area contributed by atoms with Gasteiger partial charge >= 0.3 is 0 Å². The Morgan fingerprint density at radius 3 is 1.96 bits per heavy atom. The number of hydrogen-bond acceptors (Lipinski definition) is 3. The van der Waals surface area contributed by atoms with E-state index in [1.807, 2.05) is 48.5 Å². The fraction of sp³-hybridized carbons (Fsp3) is 0.208. The lowest BCUT2D eigenvalue weighted by Crippen LogP contribution is -2.18. The minimum atomic E-state index is -3.39. The van der Waals surface area contributed by atoms with Crippen LogP contribution in [0.5, 0.6) is 5.75 Å². The SMILES string of the molecule is CCCCCOc1ccc(C(=O)P2(=O)c3ccccc3-c3ccccc32)cc1. The van der Waals surface area contributed by atoms with Gasteiger partial charge in [0.05, 0.1) is 6.61 Å². The fourth-order valence-electron chi connectivity index (χ4n) is 3.72. The molecule has 3 nitrogen and oxygen atoms in total. The lowest BCUT2D eigenvalue weighted by Gasteiger charge is -2.14. The van der Waals surface area contributed by atoms with E-state index in [1.54, 1.807) is 24.3 Å². The molecule has 0 amide bonds. The highest BCUT2D eigenvalue weighted by Gasteiger charge is 2.44. The van der Waals surface area contributed by atoms with Crippen LogP contribution in [-0.2, 0) is 4.57 Å². The fourth-order valence-corrected chi connectivity index (χ4v) is 6.59. The van der Waals surface area contributed by atoms with Crippen LogP contribution in [0.3, 0.4) is 0 Å². The minimum absolute atomic E-state index is 0.317. The first-order valence-electron chi connectivity index (χ1n) is 9.73. The lowest BCUT2D eigenvalue weighted by atomic mass is 10.1. The van der Waals surface area contributed by atoms with Crippen LogP contribution in [0, 0.1) is 0 Å². The van der Waals surface area contributed by atoms with E-state index in [9.17, 15) is 9.36 Å². The van der Waals surface area contributed by atoms with E-state index >= 15 is 0 Å². The average Bonchev–Trinajstić information content (AvgIpc) is 3.02. The van der Waals surface area contributed by atoms with Crippen LogP contribution >= 0.6 is 7.14 Å². The lowest BCUT2D eigenvalue weighted by molar-refractivity contribution is 0.107. The van der Waals surface area contributed by atoms with Crippen LogP contribution in [0.2, 0.25) is 0 Å². The summed E-state index contributed by atoms with van der Waals surface area (Å²) >= 11 is 0. The number of hydrogen-bond donors (Lipinski definition) is 0. The van der Waals surface area contributed by atoms with E-state index < -0.39 is 7.14 Å². The molecule has 142 valence electrons. The predicted molar refractivity (Wildman–Crippen MR) is 115 cm³/mol. The number of benzene rings is 3. The largest absolute Gasteiger partial charge is 0.494 e. The molecule has 28 heavy (non-hydrogen) atoms. The van der Waals surface area contributed by atoms with Gasteiger partial charge in [-0.1, -0.05) is 68.3 Å². The van der Waals surface area contributed by atoms with Gasteiger partial charge in [-0.2, -0.15) is 0 Å². The van der Waals surface area contributed by atoms with Crippen molar-refractivity contribution in [3.63, 3.8) is 0 Å². The van der Waals surface area contributed by atoms with Crippen LogP contribution in [-0.4, -0.2) is 12.1 Å². The molecule has 0 unspecified atom stereocenters. The maximum atomic E-state index is 14.1. The van der Waals surface area contributed by atoms with Crippen molar-refractivity contribution < 1.29 is 14.1 Å². The quantitative estimate of drug-likeness (QED) is 0.401. The van der Waals surface area contributed by atoms with E-state index in [0.717, 1.165) is 36.1 Å². The molecule has 3 aromatic carbocycles. The van der Waals surface area contributed by atoms with Gasteiger partial charge in [0.25, 0.3) is 0 Å². The van der Waals surface area contributed by atoms with Crippen molar-refractivity contribution in [1.82, 2.24) is 0 Å². The molecule has 0 atom stereocenters. The van der Waals surface area contributed by atoms with Gasteiger partial charge in [-0.05, 0) is 41.8 Å². The second-order valence-electron chi connectivity index (χ2n) is 7.03. The maximum absolute atomic E-state index is 14.1. The maximum Gasteiger partial charge on any atom is 0.230 e. The summed E-state index contributed by atoms with van der Waals surface area (Å²) in [5.74, 6) is 0.734. The van der Waals surface area contributed by atoms with Crippen molar-refractivity contribution in [2.24, 2.45) is 0 Å². The Bertz CT molecular complexity index is 1000. The highest BCUT2D eigenvalue weighted by atomic mass is 31.2. The second kappa shape index (κ2) is 7.77. The average molecular weight is 390 g/mol. The smallest absolute Gasteiger partial charge is 0.230 e. The molecule has 4 heteroatoms. The monoisotopic (exact) mass is 390 g/mol. The topological polar surface area (TPSA) is 43.4 Å². The molecular weight excluding hydrogens is 367 g/mol. The number of fused-ring (bicyclic) bond motifs is 3. The highest BCUT2D eigenvalue weighted by molar-refractivity contribution is 7.94. The van der Waals surface area contributed by atoms with Crippen molar-refractivity contribution >= 4 is 23.3 Å². The number of carbonyl (C=O) groups excluding carboxylic acids is 1. The predicted octanol–water partition coefficient (Wildman–Crippen LogP) is 5.39. The first-order chi connectivity index (χ1) is 13.7. The second-order valence-corrected chi connectivity index (χ2v) is 9.62.